The fourth-order valence-corrected chi connectivity index (χ4v) is 2.91. The van der Waals surface area contributed by atoms with Gasteiger partial charge >= 0.3 is 0 Å². The van der Waals surface area contributed by atoms with Crippen molar-refractivity contribution in [3.8, 4) is 6.07 Å². The Balaban J connectivity index is 1.83. The number of aryl methyl sites for hydroxylation is 2. The second-order valence-corrected chi connectivity index (χ2v) is 5.90. The number of amides is 1. The molecule has 1 aliphatic rings. The molecule has 0 aromatic heterocycles. The molecule has 0 fully saturated rings. The van der Waals surface area contributed by atoms with E-state index in [0.29, 0.717) is 5.69 Å². The van der Waals surface area contributed by atoms with Crippen LogP contribution in [-0.2, 0) is 11.2 Å². The van der Waals surface area contributed by atoms with E-state index in [0.717, 1.165) is 30.6 Å². The van der Waals surface area contributed by atoms with Crippen molar-refractivity contribution in [2.24, 2.45) is 0 Å². The van der Waals surface area contributed by atoms with Crippen LogP contribution in [0.4, 0.5) is 11.4 Å². The summed E-state index contributed by atoms with van der Waals surface area (Å²) in [5, 5.41) is 12.2. The summed E-state index contributed by atoms with van der Waals surface area (Å²) in [6.45, 7) is 2.77. The van der Waals surface area contributed by atoms with E-state index in [1.165, 1.54) is 5.56 Å². The van der Waals surface area contributed by atoms with Crippen LogP contribution in [0.25, 0.3) is 0 Å². The number of nitrogens with zero attached hydrogens (tertiary/aromatic N) is 2. The van der Waals surface area contributed by atoms with Gasteiger partial charge in [0.05, 0.1) is 0 Å². The summed E-state index contributed by atoms with van der Waals surface area (Å²) < 4.78 is 0. The Labute approximate surface area is 142 Å². The Morgan fingerprint density at radius 3 is 2.88 bits per heavy atom. The molecular weight excluding hydrogens is 298 g/mol. The highest BCUT2D eigenvalue weighted by Crippen LogP contribution is 2.27. The fraction of sp³-hybridized carbons (Fsp3) is 0.200. The number of hydrogen-bond acceptors (Lipinski definition) is 3. The van der Waals surface area contributed by atoms with Gasteiger partial charge in [0.25, 0.3) is 5.91 Å². The summed E-state index contributed by atoms with van der Waals surface area (Å²) in [5.41, 5.74) is 4.17. The molecule has 4 nitrogen and oxygen atoms in total. The molecule has 1 N–H and O–H groups in total. The van der Waals surface area contributed by atoms with Crippen LogP contribution in [-0.4, -0.2) is 12.5 Å². The summed E-state index contributed by atoms with van der Waals surface area (Å²) in [7, 11) is 0. The van der Waals surface area contributed by atoms with E-state index in [4.69, 9.17) is 0 Å². The van der Waals surface area contributed by atoms with E-state index in [1.54, 1.807) is 6.20 Å². The lowest BCUT2D eigenvalue weighted by molar-refractivity contribution is -0.112. The van der Waals surface area contributed by atoms with E-state index < -0.39 is 0 Å². The number of benzene rings is 2. The molecule has 0 saturated carbocycles. The van der Waals surface area contributed by atoms with Crippen molar-refractivity contribution >= 4 is 17.3 Å². The monoisotopic (exact) mass is 317 g/mol. The van der Waals surface area contributed by atoms with Gasteiger partial charge in [0.15, 0.2) is 0 Å². The summed E-state index contributed by atoms with van der Waals surface area (Å²) in [5.74, 6) is -0.383. The molecule has 1 amide bonds. The van der Waals surface area contributed by atoms with Crippen LogP contribution in [0.5, 0.6) is 0 Å². The second-order valence-electron chi connectivity index (χ2n) is 5.90. The van der Waals surface area contributed by atoms with Gasteiger partial charge in [-0.1, -0.05) is 30.3 Å². The largest absolute Gasteiger partial charge is 0.346 e. The van der Waals surface area contributed by atoms with Gasteiger partial charge in [-0.25, -0.2) is 0 Å². The van der Waals surface area contributed by atoms with Crippen LogP contribution >= 0.6 is 0 Å². The third-order valence-corrected chi connectivity index (χ3v) is 4.07. The number of carbonyl (C=O) groups is 1. The van der Waals surface area contributed by atoms with E-state index >= 15 is 0 Å². The van der Waals surface area contributed by atoms with Crippen molar-refractivity contribution in [3.63, 3.8) is 0 Å². The van der Waals surface area contributed by atoms with Gasteiger partial charge in [0, 0.05) is 24.1 Å². The van der Waals surface area contributed by atoms with Gasteiger partial charge in [-0.2, -0.15) is 5.26 Å². The fourth-order valence-electron chi connectivity index (χ4n) is 2.91. The topological polar surface area (TPSA) is 56.1 Å². The van der Waals surface area contributed by atoms with Crippen LogP contribution in [0, 0.1) is 18.3 Å². The van der Waals surface area contributed by atoms with E-state index in [2.05, 4.69) is 11.4 Å². The molecule has 0 spiro atoms. The van der Waals surface area contributed by atoms with Gasteiger partial charge in [-0.05, 0) is 49.1 Å². The van der Waals surface area contributed by atoms with Gasteiger partial charge in [0.1, 0.15) is 11.6 Å². The molecular formula is C20H19N3O. The molecule has 0 bridgehead atoms. The first-order valence-electron chi connectivity index (χ1n) is 8.02. The number of hydrogen-bond donors (Lipinski definition) is 1. The molecule has 4 heteroatoms. The van der Waals surface area contributed by atoms with Crippen LogP contribution in [0.15, 0.2) is 60.3 Å². The van der Waals surface area contributed by atoms with Crippen molar-refractivity contribution in [1.29, 1.82) is 5.26 Å². The smallest absolute Gasteiger partial charge is 0.267 e. The first-order valence-corrected chi connectivity index (χ1v) is 8.02. The van der Waals surface area contributed by atoms with Crippen LogP contribution in [0.2, 0.25) is 0 Å². The molecule has 0 saturated heterocycles. The predicted octanol–water partition coefficient (Wildman–Crippen LogP) is 3.79. The van der Waals surface area contributed by atoms with Crippen molar-refractivity contribution in [2.45, 2.75) is 19.8 Å². The van der Waals surface area contributed by atoms with Crippen LogP contribution < -0.4 is 10.2 Å². The lowest BCUT2D eigenvalue weighted by atomic mass is 10.0. The molecule has 0 unspecified atom stereocenters. The number of fused-ring (bicyclic) bond motifs is 1. The minimum atomic E-state index is -0.383. The van der Waals surface area contributed by atoms with E-state index in [-0.39, 0.29) is 11.5 Å². The Kier molecular flexibility index (Phi) is 4.62. The maximum Gasteiger partial charge on any atom is 0.267 e. The Hall–Kier alpha value is -3.06. The number of para-hydroxylation sites is 1. The van der Waals surface area contributed by atoms with Crippen molar-refractivity contribution in [1.82, 2.24) is 0 Å². The number of carbonyl (C=O) groups excluding carboxylic acids is 1. The van der Waals surface area contributed by atoms with Crippen LogP contribution in [0.3, 0.4) is 0 Å². The zero-order chi connectivity index (χ0) is 16.9. The summed E-state index contributed by atoms with van der Waals surface area (Å²) in [6.07, 6.45) is 3.69. The average Bonchev–Trinajstić information content (AvgIpc) is 2.59. The summed E-state index contributed by atoms with van der Waals surface area (Å²) in [6, 6.07) is 17.7. The molecule has 0 atom stereocenters. The minimum absolute atomic E-state index is 0.105. The molecule has 0 radical (unpaired) electrons. The highest BCUT2D eigenvalue weighted by atomic mass is 16.1. The van der Waals surface area contributed by atoms with Gasteiger partial charge in [0.2, 0.25) is 0 Å². The number of nitriles is 1. The zero-order valence-electron chi connectivity index (χ0n) is 13.6. The third-order valence-electron chi connectivity index (χ3n) is 4.07. The molecule has 0 aliphatic carbocycles. The Morgan fingerprint density at radius 1 is 1.25 bits per heavy atom. The zero-order valence-corrected chi connectivity index (χ0v) is 13.6. The van der Waals surface area contributed by atoms with Crippen LogP contribution in [0.1, 0.15) is 17.5 Å². The first kappa shape index (κ1) is 15.8. The van der Waals surface area contributed by atoms with Crippen molar-refractivity contribution < 1.29 is 4.79 Å². The number of anilines is 2. The van der Waals surface area contributed by atoms with Gasteiger partial charge in [-0.15, -0.1) is 0 Å². The maximum atomic E-state index is 12.4. The lowest BCUT2D eigenvalue weighted by Gasteiger charge is -2.28. The molecule has 120 valence electrons. The Bertz CT molecular complexity index is 833. The first-order chi connectivity index (χ1) is 11.7. The summed E-state index contributed by atoms with van der Waals surface area (Å²) >= 11 is 0. The Morgan fingerprint density at radius 2 is 2.08 bits per heavy atom. The average molecular weight is 317 g/mol. The normalized spacial score (nSPS) is 13.8. The van der Waals surface area contributed by atoms with Crippen molar-refractivity contribution in [3.05, 3.63) is 71.4 Å². The molecule has 1 heterocycles. The number of nitrogens with one attached hydrogen (secondary N) is 1. The molecule has 24 heavy (non-hydrogen) atoms. The standard InChI is InChI=1S/C20H19N3O/c1-15-6-4-9-18(12-15)22-20(24)17(13-21)14-23-11-5-8-16-7-2-3-10-19(16)23/h2-4,6-7,9-10,12,14H,5,8,11H2,1H3,(H,22,24)/b17-14-. The summed E-state index contributed by atoms with van der Waals surface area (Å²) in [4.78, 5) is 14.4. The second kappa shape index (κ2) is 7.01. The molecule has 1 aliphatic heterocycles. The molecule has 2 aromatic carbocycles. The van der Waals surface area contributed by atoms with Gasteiger partial charge < -0.3 is 10.2 Å². The predicted molar refractivity (Wildman–Crippen MR) is 95.6 cm³/mol. The van der Waals surface area contributed by atoms with E-state index in [1.807, 2.05) is 60.4 Å². The van der Waals surface area contributed by atoms with Crippen molar-refractivity contribution in [2.75, 3.05) is 16.8 Å². The molecule has 2 aromatic rings. The SMILES string of the molecule is Cc1cccc(NC(=O)/C(C#N)=C\N2CCCc3ccccc32)c1. The maximum absolute atomic E-state index is 12.4. The third kappa shape index (κ3) is 3.47. The highest BCUT2D eigenvalue weighted by molar-refractivity contribution is 6.06. The van der Waals surface area contributed by atoms with E-state index in [9.17, 15) is 10.1 Å². The lowest BCUT2D eigenvalue weighted by Crippen LogP contribution is -2.26. The number of rotatable bonds is 3. The molecule has 3 rings (SSSR count). The van der Waals surface area contributed by atoms with Gasteiger partial charge in [-0.3, -0.25) is 4.79 Å². The quantitative estimate of drug-likeness (QED) is 0.692. The minimum Gasteiger partial charge on any atom is -0.346 e. The highest BCUT2D eigenvalue weighted by Gasteiger charge is 2.17.